The molecule has 0 fully saturated rings. The first-order valence-corrected chi connectivity index (χ1v) is 2.19. The maximum atomic E-state index is 8.00. The molecular formula is H8N8NaO12Rh. The van der Waals surface area contributed by atoms with E-state index in [1.165, 1.54) is 0 Å². The van der Waals surface area contributed by atoms with Crippen molar-refractivity contribution in [1.82, 2.24) is 12.3 Å². The number of hydrogen-bond donors (Lipinski definition) is 2. The molecule has 0 aromatic carbocycles. The van der Waals surface area contributed by atoms with Crippen LogP contribution in [0, 0.1) is 60.7 Å². The molecule has 22 heteroatoms. The summed E-state index contributed by atoms with van der Waals surface area (Å²) in [6.07, 6.45) is 0. The van der Waals surface area contributed by atoms with Crippen LogP contribution in [0.15, 0.2) is 32.0 Å². The van der Waals surface area contributed by atoms with Crippen LogP contribution < -0.4 is 41.9 Å². The van der Waals surface area contributed by atoms with E-state index in [9.17, 15) is 0 Å². The molecule has 0 bridgehead atoms. The molecule has 0 unspecified atom stereocenters. The third-order valence-corrected chi connectivity index (χ3v) is 0. The maximum Gasteiger partial charge on any atom is 3.00 e. The summed E-state index contributed by atoms with van der Waals surface area (Å²) in [5, 5.41) is 54.0. The van der Waals surface area contributed by atoms with Gasteiger partial charge in [0, 0.05) is 0 Å². The normalized spacial score (nSPS) is 3.27. The summed E-state index contributed by atoms with van der Waals surface area (Å²) in [5.74, 6) is 0. The van der Waals surface area contributed by atoms with Gasteiger partial charge in [0.25, 0.3) is 0 Å². The van der Waals surface area contributed by atoms with E-state index in [4.69, 9.17) is 60.7 Å². The van der Waals surface area contributed by atoms with E-state index < -0.39 is 0 Å². The van der Waals surface area contributed by atoms with Crippen molar-refractivity contribution in [1.29, 1.82) is 0 Å². The predicted molar refractivity (Wildman–Crippen MR) is 66.9 cm³/mol. The molecule has 0 aromatic heterocycles. The van der Waals surface area contributed by atoms with Crippen LogP contribution in [0.2, 0.25) is 0 Å². The van der Waals surface area contributed by atoms with Crippen LogP contribution in [-0.4, -0.2) is 0 Å². The largest absolute Gasteiger partial charge is 3.00 e. The molecular weight excluding hydrogens is 430 g/mol. The number of quaternary nitrogens is 2. The van der Waals surface area contributed by atoms with Gasteiger partial charge in [-0.3, -0.25) is 0 Å². The Bertz CT molecular complexity index is 123. The van der Waals surface area contributed by atoms with Gasteiger partial charge < -0.3 is 73.0 Å². The quantitative estimate of drug-likeness (QED) is 0.268. The van der Waals surface area contributed by atoms with Crippen molar-refractivity contribution in [3.05, 3.63) is 60.7 Å². The Morgan fingerprint density at radius 1 is 0.409 bits per heavy atom. The van der Waals surface area contributed by atoms with Gasteiger partial charge in [-0.1, -0.05) is 0 Å². The van der Waals surface area contributed by atoms with Crippen LogP contribution in [0.5, 0.6) is 0 Å². The van der Waals surface area contributed by atoms with Crippen molar-refractivity contribution in [2.45, 2.75) is 0 Å². The Balaban J connectivity index is -0.00000000947. The molecule has 8 N–H and O–H groups in total. The molecule has 0 rings (SSSR count). The van der Waals surface area contributed by atoms with Crippen molar-refractivity contribution >= 4 is 0 Å². The molecule has 0 radical (unpaired) electrons. The summed E-state index contributed by atoms with van der Waals surface area (Å²) >= 11 is 0. The van der Waals surface area contributed by atoms with Crippen molar-refractivity contribution in [2.24, 2.45) is 32.0 Å². The van der Waals surface area contributed by atoms with E-state index in [0.717, 1.165) is 32.0 Å². The first kappa shape index (κ1) is 72.4. The van der Waals surface area contributed by atoms with Crippen LogP contribution in [0.4, 0.5) is 0 Å². The molecule has 0 amide bonds. The number of hydrogen-bond acceptors (Lipinski definition) is 18. The molecule has 0 heterocycles. The minimum Gasteiger partial charge on any atom is -0.444 e. The van der Waals surface area contributed by atoms with E-state index in [2.05, 4.69) is 0 Å². The fraction of sp³-hybridized carbons (Fsp3) is 0. The second-order valence-corrected chi connectivity index (χ2v) is 0.447. The molecule has 0 aliphatic heterocycles. The molecule has 0 aliphatic rings. The van der Waals surface area contributed by atoms with Gasteiger partial charge in [0.05, 0.1) is 0 Å². The molecule has 0 aromatic rings. The topological polar surface area (TPSA) is 388 Å². The smallest absolute Gasteiger partial charge is 0.444 e. The van der Waals surface area contributed by atoms with E-state index in [1.807, 2.05) is 0 Å². The van der Waals surface area contributed by atoms with E-state index in [0.29, 0.717) is 0 Å². The Labute approximate surface area is 154 Å². The van der Waals surface area contributed by atoms with Crippen molar-refractivity contribution in [3.63, 3.8) is 0 Å². The Morgan fingerprint density at radius 3 is 0.409 bits per heavy atom. The summed E-state index contributed by atoms with van der Waals surface area (Å²) < 4.78 is 0. The zero-order chi connectivity index (χ0) is 16.2. The summed E-state index contributed by atoms with van der Waals surface area (Å²) in [5.41, 5.74) is 0. The third kappa shape index (κ3) is 1220. The Morgan fingerprint density at radius 2 is 0.409 bits per heavy atom. The summed E-state index contributed by atoms with van der Waals surface area (Å²) in [6, 6.07) is 0. The standard InChI is InChI=1S/6HNO2.2H3N.Na.Rh/c6*2-1-3;;;;/h6*(H,2,3);2*1H3;;/q;;;;;;;;+1;+3/p-4. The monoisotopic (exact) mass is 438 g/mol. The fourth-order valence-electron chi connectivity index (χ4n) is 0. The molecule has 0 spiro atoms. The van der Waals surface area contributed by atoms with Crippen LogP contribution >= 0.6 is 0 Å². The van der Waals surface area contributed by atoms with Gasteiger partial charge in [-0.25, -0.2) is 0 Å². The van der Waals surface area contributed by atoms with Gasteiger partial charge in [0.15, 0.2) is 0 Å². The summed E-state index contributed by atoms with van der Waals surface area (Å²) in [6.45, 7) is 0. The molecule has 0 saturated carbocycles. The summed E-state index contributed by atoms with van der Waals surface area (Å²) in [7, 11) is 0. The fourth-order valence-corrected chi connectivity index (χ4v) is 0. The van der Waals surface area contributed by atoms with Crippen LogP contribution in [-0.2, 0) is 19.5 Å². The molecule has 0 saturated heterocycles. The number of rotatable bonds is 0. The predicted octanol–water partition coefficient (Wildman–Crippen LogP) is -0.743. The van der Waals surface area contributed by atoms with Crippen molar-refractivity contribution in [3.8, 4) is 0 Å². The van der Waals surface area contributed by atoms with E-state index in [1.54, 1.807) is 0 Å². The van der Waals surface area contributed by atoms with E-state index >= 15 is 0 Å². The van der Waals surface area contributed by atoms with E-state index in [-0.39, 0.29) is 61.3 Å². The van der Waals surface area contributed by atoms with Gasteiger partial charge in [-0.2, -0.15) is 0 Å². The van der Waals surface area contributed by atoms with Gasteiger partial charge >= 0.3 is 49.0 Å². The maximum absolute atomic E-state index is 8.00. The average Bonchev–Trinajstić information content (AvgIpc) is 2.23. The second kappa shape index (κ2) is 392. The van der Waals surface area contributed by atoms with Crippen molar-refractivity contribution < 1.29 is 49.0 Å². The second-order valence-electron chi connectivity index (χ2n) is 0.447. The zero-order valence-corrected chi connectivity index (χ0v) is 14.6. The molecule has 130 valence electrons. The summed E-state index contributed by atoms with van der Waals surface area (Å²) in [4.78, 5) is 48.0. The number of nitrogens with zero attached hydrogens (tertiary/aromatic N) is 6. The Kier molecular flexibility index (Phi) is 1290. The minimum atomic E-state index is 0. The molecule has 0 atom stereocenters. The van der Waals surface area contributed by atoms with Gasteiger partial charge in [-0.15, -0.1) is 32.0 Å². The Hall–Kier alpha value is -2.06. The minimum absolute atomic E-state index is 0. The van der Waals surface area contributed by atoms with Gasteiger partial charge in [0.1, 0.15) is 0 Å². The first-order chi connectivity index (χ1) is 8.49. The molecule has 22 heavy (non-hydrogen) atoms. The van der Waals surface area contributed by atoms with Crippen LogP contribution in [0.3, 0.4) is 0 Å². The SMILES string of the molecule is O=N[O-].O=N[O-].O=N[O-].O=N[O-].O=N[O-].O=N[O-].[NH4+].[NH4+].[Na+].[Rh+3]. The van der Waals surface area contributed by atoms with Crippen LogP contribution in [0.1, 0.15) is 0 Å². The molecule has 20 nitrogen and oxygen atoms in total. The molecule has 0 aliphatic carbocycles. The van der Waals surface area contributed by atoms with Gasteiger partial charge in [0.2, 0.25) is 0 Å². The third-order valence-electron chi connectivity index (χ3n) is 0. The zero-order valence-electron chi connectivity index (χ0n) is 10.9. The van der Waals surface area contributed by atoms with Gasteiger partial charge in [-0.05, 0) is 0 Å². The van der Waals surface area contributed by atoms with Crippen LogP contribution in [0.25, 0.3) is 0 Å². The van der Waals surface area contributed by atoms with Crippen molar-refractivity contribution in [2.75, 3.05) is 0 Å². The first-order valence-electron chi connectivity index (χ1n) is 2.19. The average molecular weight is 438 g/mol.